The van der Waals surface area contributed by atoms with Gasteiger partial charge in [0.1, 0.15) is 24.5 Å². The molecule has 1 aromatic heterocycles. The van der Waals surface area contributed by atoms with Crippen molar-refractivity contribution in [3.8, 4) is 0 Å². The van der Waals surface area contributed by atoms with Gasteiger partial charge in [0.15, 0.2) is 5.82 Å². The summed E-state index contributed by atoms with van der Waals surface area (Å²) in [5.74, 6) is 2.23. The minimum Gasteiger partial charge on any atom is -0.491 e. The Kier molecular flexibility index (Phi) is 13.5. The molecule has 0 spiro atoms. The molecule has 0 aromatic carbocycles. The fraction of sp³-hybridized carbons (Fsp3) is 0.640. The number of allylic oxidation sites excluding steroid dienone is 1. The highest BCUT2D eigenvalue weighted by atomic mass is 16.5. The lowest BCUT2D eigenvalue weighted by atomic mass is 9.96. The lowest BCUT2D eigenvalue weighted by molar-refractivity contribution is -0.106. The molecule has 1 aliphatic carbocycles. The Bertz CT molecular complexity index is 827. The van der Waals surface area contributed by atoms with E-state index in [1.165, 1.54) is 0 Å². The Morgan fingerprint density at radius 1 is 1.20 bits per heavy atom. The van der Waals surface area contributed by atoms with Crippen molar-refractivity contribution < 1.29 is 24.9 Å². The van der Waals surface area contributed by atoms with Crippen molar-refractivity contribution in [1.29, 1.82) is 0 Å². The van der Waals surface area contributed by atoms with Crippen LogP contribution in [-0.4, -0.2) is 91.2 Å². The molecule has 10 heteroatoms. The van der Waals surface area contributed by atoms with Crippen molar-refractivity contribution in [3.63, 3.8) is 0 Å². The third-order valence-corrected chi connectivity index (χ3v) is 5.96. The van der Waals surface area contributed by atoms with Gasteiger partial charge in [0.25, 0.3) is 0 Å². The molecular formula is C25H41N5O5. The van der Waals surface area contributed by atoms with Crippen LogP contribution in [0.2, 0.25) is 0 Å². The van der Waals surface area contributed by atoms with Crippen LogP contribution in [-0.2, 0) is 22.4 Å². The zero-order valence-corrected chi connectivity index (χ0v) is 20.9. The molecule has 0 fully saturated rings. The maximum absolute atomic E-state index is 11.0. The van der Waals surface area contributed by atoms with Gasteiger partial charge < -0.3 is 40.4 Å². The topological polar surface area (TPSA) is 140 Å². The fourth-order valence-corrected chi connectivity index (χ4v) is 4.07. The van der Waals surface area contributed by atoms with E-state index in [0.29, 0.717) is 24.7 Å². The number of hydrogen-bond donors (Lipinski definition) is 5. The van der Waals surface area contributed by atoms with Crippen LogP contribution in [0, 0.1) is 0 Å². The number of carbonyl (C=O) groups excluding carboxylic acids is 1. The van der Waals surface area contributed by atoms with E-state index >= 15 is 0 Å². The summed E-state index contributed by atoms with van der Waals surface area (Å²) in [4.78, 5) is 22.5. The van der Waals surface area contributed by atoms with Crippen molar-refractivity contribution in [2.24, 2.45) is 0 Å². The zero-order chi connectivity index (χ0) is 25.5. The van der Waals surface area contributed by atoms with E-state index < -0.39 is 0 Å². The standard InChI is InChI=1S/C19H26N4O3.C6H15NO2/c1-23(9-10-24)19-15-6-2-3-7-16(15)21-18(22-19)17-13-14(26-12-11-25)5-4-8-20-17;1-7-6(2-4-8)3-5-9/h4-5,10,13,17,20,25H,2-3,6-9,11-12H2,1H3;6-9H,2-5H2,1H3. The number of aliphatic hydroxyl groups is 3. The van der Waals surface area contributed by atoms with Gasteiger partial charge in [0, 0.05) is 44.1 Å². The molecule has 196 valence electrons. The minimum atomic E-state index is -0.186. The number of hydrogen-bond acceptors (Lipinski definition) is 10. The molecule has 2 aliphatic rings. The van der Waals surface area contributed by atoms with E-state index in [-0.39, 0.29) is 38.5 Å². The van der Waals surface area contributed by atoms with Crippen LogP contribution < -0.4 is 15.5 Å². The van der Waals surface area contributed by atoms with Gasteiger partial charge in [-0.1, -0.05) is 6.08 Å². The number of aliphatic hydroxyl groups excluding tert-OH is 3. The molecular weight excluding hydrogens is 450 g/mol. The molecule has 5 N–H and O–H groups in total. The summed E-state index contributed by atoms with van der Waals surface area (Å²) in [5.41, 5.74) is 2.25. The molecule has 0 saturated heterocycles. The fourth-order valence-electron chi connectivity index (χ4n) is 4.07. The molecule has 1 unspecified atom stereocenters. The Balaban J connectivity index is 0.000000410. The second-order valence-electron chi connectivity index (χ2n) is 8.52. The summed E-state index contributed by atoms with van der Waals surface area (Å²) in [6.07, 6.45) is 12.3. The summed E-state index contributed by atoms with van der Waals surface area (Å²) in [5, 5.41) is 32.3. The number of nitrogens with one attached hydrogen (secondary N) is 2. The van der Waals surface area contributed by atoms with E-state index in [2.05, 4.69) is 10.6 Å². The maximum atomic E-state index is 11.0. The molecule has 1 aliphatic heterocycles. The van der Waals surface area contributed by atoms with Crippen LogP contribution in [0.4, 0.5) is 5.82 Å². The van der Waals surface area contributed by atoms with Crippen molar-refractivity contribution in [1.82, 2.24) is 20.6 Å². The van der Waals surface area contributed by atoms with E-state index in [4.69, 9.17) is 30.0 Å². The maximum Gasteiger partial charge on any atom is 0.151 e. The number of aromatic nitrogens is 2. The van der Waals surface area contributed by atoms with Crippen molar-refractivity contribution in [3.05, 3.63) is 41.1 Å². The van der Waals surface area contributed by atoms with Crippen LogP contribution in [0.15, 0.2) is 24.0 Å². The number of anilines is 1. The number of nitrogens with zero attached hydrogens (tertiary/aromatic N) is 3. The average Bonchev–Trinajstić information content (AvgIpc) is 3.13. The highest BCUT2D eigenvalue weighted by Crippen LogP contribution is 2.29. The van der Waals surface area contributed by atoms with Gasteiger partial charge in [0.05, 0.1) is 19.2 Å². The number of carbonyl (C=O) groups is 1. The molecule has 0 bridgehead atoms. The van der Waals surface area contributed by atoms with Gasteiger partial charge >= 0.3 is 0 Å². The summed E-state index contributed by atoms with van der Waals surface area (Å²) in [6.45, 7) is 1.58. The Labute approximate surface area is 208 Å². The predicted octanol–water partition coefficient (Wildman–Crippen LogP) is 0.423. The molecule has 1 aromatic rings. The Hall–Kier alpha value is -2.37. The van der Waals surface area contributed by atoms with Crippen molar-refractivity contribution in [2.45, 2.75) is 50.6 Å². The van der Waals surface area contributed by atoms with Gasteiger partial charge in [-0.05, 0) is 57.7 Å². The zero-order valence-electron chi connectivity index (χ0n) is 20.9. The van der Waals surface area contributed by atoms with E-state index in [0.717, 1.165) is 61.9 Å². The first-order valence-electron chi connectivity index (χ1n) is 12.4. The minimum absolute atomic E-state index is 0.0285. The number of likely N-dealkylation sites (N-methyl/N-ethyl adjacent to an activating group) is 1. The lowest BCUT2D eigenvalue weighted by Gasteiger charge is -2.25. The normalized spacial score (nSPS) is 17.1. The summed E-state index contributed by atoms with van der Waals surface area (Å²) in [7, 11) is 3.72. The SMILES string of the molecule is CN(CC=O)c1nc(C2C=C(OCCO)C=CCN2)nc2c1CCCC2.CNC(CCO)CCO. The molecule has 0 amide bonds. The number of rotatable bonds is 12. The second kappa shape index (κ2) is 16.3. The third-order valence-electron chi connectivity index (χ3n) is 5.96. The largest absolute Gasteiger partial charge is 0.491 e. The first-order chi connectivity index (χ1) is 17.1. The molecule has 0 saturated carbocycles. The Morgan fingerprint density at radius 3 is 2.60 bits per heavy atom. The van der Waals surface area contributed by atoms with Gasteiger partial charge in [-0.15, -0.1) is 0 Å². The van der Waals surface area contributed by atoms with Crippen molar-refractivity contribution in [2.75, 3.05) is 58.5 Å². The number of aldehydes is 1. The smallest absolute Gasteiger partial charge is 0.151 e. The number of ether oxygens (including phenoxy) is 1. The molecule has 0 radical (unpaired) electrons. The second-order valence-corrected chi connectivity index (χ2v) is 8.52. The predicted molar refractivity (Wildman–Crippen MR) is 135 cm³/mol. The summed E-state index contributed by atoms with van der Waals surface area (Å²) >= 11 is 0. The quantitative estimate of drug-likeness (QED) is 0.261. The average molecular weight is 492 g/mol. The van der Waals surface area contributed by atoms with Crippen molar-refractivity contribution >= 4 is 12.1 Å². The van der Waals surface area contributed by atoms with Crippen LogP contribution >= 0.6 is 0 Å². The molecule has 3 rings (SSSR count). The third kappa shape index (κ3) is 9.30. The van der Waals surface area contributed by atoms with E-state index in [1.54, 1.807) is 0 Å². The monoisotopic (exact) mass is 491 g/mol. The highest BCUT2D eigenvalue weighted by Gasteiger charge is 2.23. The van der Waals surface area contributed by atoms with E-state index in [1.807, 2.05) is 37.2 Å². The first-order valence-corrected chi connectivity index (χ1v) is 12.4. The number of aryl methyl sites for hydroxylation is 1. The van der Waals surface area contributed by atoms with Crippen LogP contribution in [0.3, 0.4) is 0 Å². The van der Waals surface area contributed by atoms with Gasteiger partial charge in [-0.25, -0.2) is 9.97 Å². The first kappa shape index (κ1) is 28.9. The molecule has 10 nitrogen and oxygen atoms in total. The molecule has 1 atom stereocenters. The van der Waals surface area contributed by atoms with E-state index in [9.17, 15) is 4.79 Å². The summed E-state index contributed by atoms with van der Waals surface area (Å²) in [6, 6.07) is 0.0781. The van der Waals surface area contributed by atoms with Gasteiger partial charge in [-0.2, -0.15) is 0 Å². The van der Waals surface area contributed by atoms with Crippen LogP contribution in [0.25, 0.3) is 0 Å². The Morgan fingerprint density at radius 2 is 1.94 bits per heavy atom. The van der Waals surface area contributed by atoms with Gasteiger partial charge in [-0.3, -0.25) is 0 Å². The molecule has 35 heavy (non-hydrogen) atoms. The van der Waals surface area contributed by atoms with Gasteiger partial charge in [0.2, 0.25) is 0 Å². The summed E-state index contributed by atoms with van der Waals surface area (Å²) < 4.78 is 5.56. The molecule has 2 heterocycles. The lowest BCUT2D eigenvalue weighted by Crippen LogP contribution is -2.28. The number of fused-ring (bicyclic) bond motifs is 1. The van der Waals surface area contributed by atoms with Crippen LogP contribution in [0.1, 0.15) is 48.8 Å². The highest BCUT2D eigenvalue weighted by molar-refractivity contribution is 5.61. The van der Waals surface area contributed by atoms with Crippen LogP contribution in [0.5, 0.6) is 0 Å².